The topological polar surface area (TPSA) is 90.9 Å². The fourth-order valence-electron chi connectivity index (χ4n) is 2.94. The largest absolute Gasteiger partial charge is 0.450 e. The van der Waals surface area contributed by atoms with Crippen LogP contribution in [0.25, 0.3) is 11.0 Å². The molecule has 2 heterocycles. The average Bonchev–Trinajstić information content (AvgIpc) is 3.20. The minimum atomic E-state index is -0.898. The van der Waals surface area contributed by atoms with E-state index in [0.717, 1.165) is 11.6 Å². The minimum Gasteiger partial charge on any atom is -0.450 e. The first kappa shape index (κ1) is 20.5. The van der Waals surface area contributed by atoms with Crippen LogP contribution in [0.3, 0.4) is 0 Å². The highest BCUT2D eigenvalue weighted by atomic mass is 32.1. The third-order valence-corrected chi connectivity index (χ3v) is 5.31. The molecule has 0 aliphatic rings. The summed E-state index contributed by atoms with van der Waals surface area (Å²) >= 11 is 1.31. The maximum Gasteiger partial charge on any atom is 0.374 e. The number of thiazole rings is 1. The van der Waals surface area contributed by atoms with Crippen molar-refractivity contribution in [2.24, 2.45) is 4.99 Å². The molecule has 4 rings (SSSR count). The molecule has 0 aliphatic heterocycles. The molecule has 4 aromatic rings. The Balaban J connectivity index is 1.44. The van der Waals surface area contributed by atoms with Crippen molar-refractivity contribution in [2.45, 2.75) is 13.5 Å². The van der Waals surface area contributed by atoms with E-state index in [1.54, 1.807) is 24.3 Å². The van der Waals surface area contributed by atoms with Gasteiger partial charge in [0.25, 0.3) is 5.91 Å². The number of hydrogen-bond acceptors (Lipinski definition) is 6. The number of para-hydroxylation sites is 1. The van der Waals surface area contributed by atoms with Crippen molar-refractivity contribution in [3.05, 3.63) is 98.1 Å². The summed E-state index contributed by atoms with van der Waals surface area (Å²) in [4.78, 5) is 41.1. The molecule has 1 amide bonds. The number of ether oxygens (including phenoxy) is 1. The van der Waals surface area contributed by atoms with E-state index in [2.05, 4.69) is 4.99 Å². The van der Waals surface area contributed by atoms with E-state index in [0.29, 0.717) is 16.7 Å². The van der Waals surface area contributed by atoms with Crippen molar-refractivity contribution in [2.75, 3.05) is 6.61 Å². The zero-order valence-corrected chi connectivity index (χ0v) is 17.4. The van der Waals surface area contributed by atoms with Crippen molar-refractivity contribution in [1.29, 1.82) is 0 Å². The SMILES string of the molecule is Cc1ccc(Cn2ccsc2=NC(=O)COC(=O)c2cc(=O)c3ccccc3o2)cc1. The van der Waals surface area contributed by atoms with E-state index in [1.807, 2.05) is 47.3 Å². The molecule has 0 radical (unpaired) electrons. The van der Waals surface area contributed by atoms with Crippen molar-refractivity contribution in [1.82, 2.24) is 4.57 Å². The highest BCUT2D eigenvalue weighted by Gasteiger charge is 2.15. The Hall–Kier alpha value is -3.78. The zero-order chi connectivity index (χ0) is 21.8. The van der Waals surface area contributed by atoms with Crippen LogP contribution < -0.4 is 10.2 Å². The summed E-state index contributed by atoms with van der Waals surface area (Å²) in [5.74, 6) is -1.77. The molecule has 0 saturated heterocycles. The van der Waals surface area contributed by atoms with Crippen LogP contribution in [0.1, 0.15) is 21.7 Å². The molecule has 2 aromatic heterocycles. The van der Waals surface area contributed by atoms with Crippen LogP contribution >= 0.6 is 11.3 Å². The van der Waals surface area contributed by atoms with Crippen LogP contribution in [0.15, 0.2) is 80.4 Å². The summed E-state index contributed by atoms with van der Waals surface area (Å²) in [7, 11) is 0. The van der Waals surface area contributed by atoms with E-state index in [1.165, 1.54) is 16.9 Å². The summed E-state index contributed by atoms with van der Waals surface area (Å²) in [5.41, 5.74) is 2.16. The lowest BCUT2D eigenvalue weighted by Crippen LogP contribution is -2.20. The van der Waals surface area contributed by atoms with E-state index in [4.69, 9.17) is 9.15 Å². The first-order valence-electron chi connectivity index (χ1n) is 9.47. The van der Waals surface area contributed by atoms with Gasteiger partial charge in [-0.2, -0.15) is 4.99 Å². The zero-order valence-electron chi connectivity index (χ0n) is 16.6. The molecule has 0 spiro atoms. The fraction of sp³-hybridized carbons (Fsp3) is 0.130. The fourth-order valence-corrected chi connectivity index (χ4v) is 3.68. The lowest BCUT2D eigenvalue weighted by molar-refractivity contribution is -0.121. The summed E-state index contributed by atoms with van der Waals surface area (Å²) in [6, 6.07) is 15.7. The molecule has 0 bridgehead atoms. The number of fused-ring (bicyclic) bond motifs is 1. The van der Waals surface area contributed by atoms with Gasteiger partial charge in [0.05, 0.1) is 5.39 Å². The lowest BCUT2D eigenvalue weighted by atomic mass is 10.1. The molecule has 0 fully saturated rings. The Morgan fingerprint density at radius 1 is 1.13 bits per heavy atom. The number of aromatic nitrogens is 1. The van der Waals surface area contributed by atoms with Gasteiger partial charge in [-0.25, -0.2) is 4.79 Å². The molecule has 2 aromatic carbocycles. The van der Waals surface area contributed by atoms with Gasteiger partial charge >= 0.3 is 5.97 Å². The number of rotatable bonds is 5. The van der Waals surface area contributed by atoms with Crippen molar-refractivity contribution < 1.29 is 18.7 Å². The summed E-state index contributed by atoms with van der Waals surface area (Å²) in [5, 5.41) is 2.19. The predicted octanol–water partition coefficient (Wildman–Crippen LogP) is 3.30. The number of amides is 1. The second-order valence-electron chi connectivity index (χ2n) is 6.85. The Morgan fingerprint density at radius 2 is 1.90 bits per heavy atom. The van der Waals surface area contributed by atoms with E-state index < -0.39 is 18.5 Å². The van der Waals surface area contributed by atoms with Gasteiger partial charge in [-0.1, -0.05) is 42.0 Å². The van der Waals surface area contributed by atoms with Gasteiger partial charge < -0.3 is 13.7 Å². The van der Waals surface area contributed by atoms with Gasteiger partial charge in [-0.15, -0.1) is 11.3 Å². The van der Waals surface area contributed by atoms with E-state index in [9.17, 15) is 14.4 Å². The monoisotopic (exact) mass is 434 g/mol. The number of carbonyl (C=O) groups excluding carboxylic acids is 2. The van der Waals surface area contributed by atoms with E-state index >= 15 is 0 Å². The lowest BCUT2D eigenvalue weighted by Gasteiger charge is -2.04. The van der Waals surface area contributed by atoms with Crippen LogP contribution in [0.4, 0.5) is 0 Å². The van der Waals surface area contributed by atoms with Gasteiger partial charge in [0.15, 0.2) is 16.8 Å². The minimum absolute atomic E-state index is 0.262. The normalized spacial score (nSPS) is 11.6. The summed E-state index contributed by atoms with van der Waals surface area (Å²) in [6.07, 6.45) is 1.84. The number of nitrogens with zero attached hydrogens (tertiary/aromatic N) is 2. The number of esters is 1. The van der Waals surface area contributed by atoms with E-state index in [-0.39, 0.29) is 16.8 Å². The molecule has 0 aliphatic carbocycles. The maximum absolute atomic E-state index is 12.2. The number of hydrogen-bond donors (Lipinski definition) is 0. The van der Waals surface area contributed by atoms with Crippen molar-refractivity contribution in [3.8, 4) is 0 Å². The molecule has 0 saturated carbocycles. The molecule has 0 N–H and O–H groups in total. The molecule has 31 heavy (non-hydrogen) atoms. The summed E-state index contributed by atoms with van der Waals surface area (Å²) in [6.45, 7) is 2.03. The average molecular weight is 434 g/mol. The second-order valence-corrected chi connectivity index (χ2v) is 7.72. The third-order valence-electron chi connectivity index (χ3n) is 4.52. The van der Waals surface area contributed by atoms with Crippen LogP contribution in [0.5, 0.6) is 0 Å². The molecule has 0 atom stereocenters. The van der Waals surface area contributed by atoms with Crippen molar-refractivity contribution in [3.63, 3.8) is 0 Å². The Labute approximate surface area is 180 Å². The second kappa shape index (κ2) is 8.93. The predicted molar refractivity (Wildman–Crippen MR) is 116 cm³/mol. The smallest absolute Gasteiger partial charge is 0.374 e. The molecule has 7 nitrogen and oxygen atoms in total. The van der Waals surface area contributed by atoms with Crippen LogP contribution in [0.2, 0.25) is 0 Å². The molecular formula is C23H18N2O5S. The molecule has 0 unspecified atom stereocenters. The van der Waals surface area contributed by atoms with Gasteiger partial charge in [-0.3, -0.25) is 9.59 Å². The quantitative estimate of drug-likeness (QED) is 0.450. The van der Waals surface area contributed by atoms with Gasteiger partial charge in [0.2, 0.25) is 5.76 Å². The molecule has 8 heteroatoms. The maximum atomic E-state index is 12.2. The highest BCUT2D eigenvalue weighted by molar-refractivity contribution is 7.07. The van der Waals surface area contributed by atoms with Crippen LogP contribution in [-0.4, -0.2) is 23.1 Å². The van der Waals surface area contributed by atoms with Crippen LogP contribution in [0, 0.1) is 6.92 Å². The van der Waals surface area contributed by atoms with Gasteiger partial charge in [0.1, 0.15) is 5.58 Å². The standard InChI is InChI=1S/C23H18N2O5S/c1-15-6-8-16(9-7-15)13-25-10-11-31-23(25)24-21(27)14-29-22(28)20-12-18(26)17-4-2-3-5-19(17)30-20/h2-12H,13-14H2,1H3. The molecule has 156 valence electrons. The van der Waals surface area contributed by atoms with Gasteiger partial charge in [0, 0.05) is 24.2 Å². The first-order valence-corrected chi connectivity index (χ1v) is 10.3. The number of benzene rings is 2. The third kappa shape index (κ3) is 4.87. The highest BCUT2D eigenvalue weighted by Crippen LogP contribution is 2.12. The molecular weight excluding hydrogens is 416 g/mol. The number of carbonyl (C=O) groups is 2. The Bertz CT molecular complexity index is 1380. The summed E-state index contributed by atoms with van der Waals surface area (Å²) < 4.78 is 12.3. The first-order chi connectivity index (χ1) is 15.0. The number of aryl methyl sites for hydroxylation is 1. The van der Waals surface area contributed by atoms with Gasteiger partial charge in [-0.05, 0) is 24.6 Å². The van der Waals surface area contributed by atoms with Crippen LogP contribution in [-0.2, 0) is 16.1 Å². The Morgan fingerprint density at radius 3 is 2.71 bits per heavy atom. The van der Waals surface area contributed by atoms with Crippen molar-refractivity contribution >= 4 is 34.2 Å². The Kier molecular flexibility index (Phi) is 5.90.